The summed E-state index contributed by atoms with van der Waals surface area (Å²) in [4.78, 5) is 22.4. The molecule has 6 nitrogen and oxygen atoms in total. The third kappa shape index (κ3) is 6.40. The van der Waals surface area contributed by atoms with E-state index in [0.29, 0.717) is 11.9 Å². The molecule has 0 bridgehead atoms. The average Bonchev–Trinajstić information content (AvgIpc) is 3.11. The highest BCUT2D eigenvalue weighted by Gasteiger charge is 2.19. The third-order valence-corrected chi connectivity index (χ3v) is 7.11. The Kier molecular flexibility index (Phi) is 9.12. The fourth-order valence-electron chi connectivity index (χ4n) is 5.24. The number of anilines is 6. The summed E-state index contributed by atoms with van der Waals surface area (Å²) in [5, 5.41) is 2.25. The molecule has 0 atom stereocenters. The predicted molar refractivity (Wildman–Crippen MR) is 186 cm³/mol. The minimum absolute atomic E-state index is 0.620. The summed E-state index contributed by atoms with van der Waals surface area (Å²) in [7, 11) is 0. The normalized spacial score (nSPS) is 10.5. The molecule has 6 heteroatoms. The molecule has 0 N–H and O–H groups in total. The number of hydrogen-bond donors (Lipinski definition) is 0. The molecule has 2 heterocycles. The molecule has 7 rings (SSSR count). The Labute approximate surface area is 264 Å². The van der Waals surface area contributed by atoms with Gasteiger partial charge in [-0.15, -0.1) is 0 Å². The molecule has 0 radical (unpaired) electrons. The number of fused-ring (bicyclic) bond motifs is 1. The first-order valence-electron chi connectivity index (χ1n) is 15.1. The van der Waals surface area contributed by atoms with Crippen molar-refractivity contribution in [2.75, 3.05) is 9.80 Å². The molecule has 0 amide bonds. The van der Waals surface area contributed by atoms with Crippen molar-refractivity contribution in [3.05, 3.63) is 158 Å². The van der Waals surface area contributed by atoms with Gasteiger partial charge in [-0.1, -0.05) is 99.1 Å². The molecule has 7 aromatic rings. The number of hydrogen-bond acceptors (Lipinski definition) is 6. The van der Waals surface area contributed by atoms with Crippen molar-refractivity contribution < 1.29 is 0 Å². The highest BCUT2D eigenvalue weighted by Crippen LogP contribution is 2.40. The molecule has 2 aromatic heterocycles. The lowest BCUT2D eigenvalue weighted by atomic mass is 9.96. The molecule has 0 saturated carbocycles. The number of benzene rings is 5. The maximum absolute atomic E-state index is 4.60. The molecular weight excluding hydrogens is 552 g/mol. The Morgan fingerprint density at radius 2 is 0.889 bits per heavy atom. The van der Waals surface area contributed by atoms with Gasteiger partial charge in [0.05, 0.1) is 5.69 Å². The van der Waals surface area contributed by atoms with Gasteiger partial charge >= 0.3 is 0 Å². The lowest BCUT2D eigenvalue weighted by molar-refractivity contribution is 1.08. The predicted octanol–water partition coefficient (Wildman–Crippen LogP) is 10.4. The maximum atomic E-state index is 4.60. The van der Waals surface area contributed by atoms with Crippen LogP contribution in [0.15, 0.2) is 158 Å². The van der Waals surface area contributed by atoms with Gasteiger partial charge in [-0.05, 0) is 71.1 Å². The first-order valence-corrected chi connectivity index (χ1v) is 15.1. The van der Waals surface area contributed by atoms with Crippen molar-refractivity contribution in [2.24, 2.45) is 0 Å². The molecule has 0 fully saturated rings. The molecule has 0 saturated heterocycles. The third-order valence-electron chi connectivity index (χ3n) is 7.11. The van der Waals surface area contributed by atoms with Crippen molar-refractivity contribution in [1.29, 1.82) is 0 Å². The van der Waals surface area contributed by atoms with Crippen LogP contribution < -0.4 is 9.80 Å². The van der Waals surface area contributed by atoms with Crippen molar-refractivity contribution in [3.63, 3.8) is 0 Å². The quantitative estimate of drug-likeness (QED) is 0.185. The van der Waals surface area contributed by atoms with Gasteiger partial charge in [-0.3, -0.25) is 9.80 Å². The fraction of sp³-hybridized carbons (Fsp3) is 0.0769. The summed E-state index contributed by atoms with van der Waals surface area (Å²) in [6.45, 7) is 4.25. The molecule has 220 valence electrons. The Morgan fingerprint density at radius 3 is 1.47 bits per heavy atom. The van der Waals surface area contributed by atoms with Gasteiger partial charge in [0.15, 0.2) is 0 Å². The van der Waals surface area contributed by atoms with Crippen LogP contribution >= 0.6 is 0 Å². The van der Waals surface area contributed by atoms with E-state index in [1.54, 1.807) is 24.8 Å². The Bertz CT molecular complexity index is 1850. The van der Waals surface area contributed by atoms with Gasteiger partial charge < -0.3 is 0 Å². The summed E-state index contributed by atoms with van der Waals surface area (Å²) < 4.78 is 0. The molecule has 5 aromatic carbocycles. The topological polar surface area (TPSA) is 58.0 Å². The molecule has 0 aliphatic rings. The summed E-state index contributed by atoms with van der Waals surface area (Å²) in [6, 6.07) is 45.4. The van der Waals surface area contributed by atoms with Crippen LogP contribution in [-0.2, 0) is 0 Å². The average molecular weight is 587 g/mol. The van der Waals surface area contributed by atoms with E-state index >= 15 is 0 Å². The monoisotopic (exact) mass is 586 g/mol. The molecule has 0 aliphatic heterocycles. The second-order valence-electron chi connectivity index (χ2n) is 10.4. The maximum Gasteiger partial charge on any atom is 0.234 e. The number of aromatic nitrogens is 4. The van der Waals surface area contributed by atoms with Crippen molar-refractivity contribution in [1.82, 2.24) is 19.9 Å². The first kappa shape index (κ1) is 29.2. The number of nitrogens with zero attached hydrogens (tertiary/aromatic N) is 6. The van der Waals surface area contributed by atoms with Gasteiger partial charge in [0.25, 0.3) is 0 Å². The zero-order valence-corrected chi connectivity index (χ0v) is 25.4. The van der Waals surface area contributed by atoms with E-state index in [1.807, 2.05) is 48.5 Å². The second kappa shape index (κ2) is 14.1. The van der Waals surface area contributed by atoms with Gasteiger partial charge in [0, 0.05) is 47.2 Å². The molecular formula is C39H34N6. The van der Waals surface area contributed by atoms with Crippen LogP contribution in [-0.4, -0.2) is 19.9 Å². The number of rotatable bonds is 7. The molecule has 0 spiro atoms. The minimum atomic E-state index is 0.620. The highest BCUT2D eigenvalue weighted by molar-refractivity contribution is 6.05. The van der Waals surface area contributed by atoms with Gasteiger partial charge in [0.2, 0.25) is 11.9 Å². The number of para-hydroxylation sites is 2. The van der Waals surface area contributed by atoms with E-state index in [-0.39, 0.29) is 0 Å². The van der Waals surface area contributed by atoms with E-state index in [4.69, 9.17) is 0 Å². The van der Waals surface area contributed by atoms with E-state index in [9.17, 15) is 0 Å². The van der Waals surface area contributed by atoms with Gasteiger partial charge in [0.1, 0.15) is 0 Å². The summed E-state index contributed by atoms with van der Waals surface area (Å²) in [5.41, 5.74) is 6.25. The van der Waals surface area contributed by atoms with E-state index in [2.05, 4.69) is 129 Å². The van der Waals surface area contributed by atoms with Crippen LogP contribution in [0.5, 0.6) is 0 Å². The second-order valence-corrected chi connectivity index (χ2v) is 10.4. The fourth-order valence-corrected chi connectivity index (χ4v) is 5.24. The summed E-state index contributed by atoms with van der Waals surface area (Å²) in [5.74, 6) is 1.24. The van der Waals surface area contributed by atoms with Crippen molar-refractivity contribution >= 4 is 45.4 Å². The van der Waals surface area contributed by atoms with E-state index in [1.165, 1.54) is 6.42 Å². The smallest absolute Gasteiger partial charge is 0.234 e. The van der Waals surface area contributed by atoms with Crippen molar-refractivity contribution in [3.8, 4) is 11.1 Å². The summed E-state index contributed by atoms with van der Waals surface area (Å²) >= 11 is 0. The molecule has 45 heavy (non-hydrogen) atoms. The lowest BCUT2D eigenvalue weighted by Crippen LogP contribution is -2.13. The van der Waals surface area contributed by atoms with Crippen molar-refractivity contribution in [2.45, 2.75) is 20.3 Å². The van der Waals surface area contributed by atoms with E-state index in [0.717, 1.165) is 44.6 Å². The largest absolute Gasteiger partial charge is 0.279 e. The van der Waals surface area contributed by atoms with Gasteiger partial charge in [-0.2, -0.15) is 0 Å². The zero-order valence-electron chi connectivity index (χ0n) is 25.4. The van der Waals surface area contributed by atoms with E-state index < -0.39 is 0 Å². The van der Waals surface area contributed by atoms with Crippen LogP contribution in [0.25, 0.3) is 21.9 Å². The first-order chi connectivity index (χ1) is 22.3. The van der Waals surface area contributed by atoms with Crippen LogP contribution in [0.3, 0.4) is 0 Å². The van der Waals surface area contributed by atoms with Crippen LogP contribution in [0, 0.1) is 0 Å². The Morgan fingerprint density at radius 1 is 0.422 bits per heavy atom. The Hall–Kier alpha value is -5.88. The minimum Gasteiger partial charge on any atom is -0.279 e. The Balaban J connectivity index is 0.00000115. The standard InChI is InChI=1S/C36H26N6.C3H8/c1-3-11-28(12-4-1)41(35-37-23-9-24-38-35)30-21-19-27(20-22-30)31-15-7-17-33-32(31)16-8-18-34(33)42(29-13-5-2-6-14-29)36-39-25-10-26-40-36;1-3-2/h1-26H;3H2,1-2H3. The molecule has 0 unspecified atom stereocenters. The van der Waals surface area contributed by atoms with Crippen LogP contribution in [0.1, 0.15) is 20.3 Å². The highest BCUT2D eigenvalue weighted by atomic mass is 15.3. The lowest BCUT2D eigenvalue weighted by Gasteiger charge is -2.25. The van der Waals surface area contributed by atoms with Gasteiger partial charge in [-0.25, -0.2) is 19.9 Å². The summed E-state index contributed by atoms with van der Waals surface area (Å²) in [6.07, 6.45) is 8.32. The van der Waals surface area contributed by atoms with Crippen LogP contribution in [0.4, 0.5) is 34.6 Å². The zero-order chi connectivity index (χ0) is 30.8. The SMILES string of the molecule is CCC.c1ccc(N(c2ccc(-c3cccc4c(N(c5ccccc5)c5ncccn5)cccc34)cc2)c2ncccn2)cc1. The van der Waals surface area contributed by atoms with Crippen LogP contribution in [0.2, 0.25) is 0 Å². The molecule has 0 aliphatic carbocycles.